The van der Waals surface area contributed by atoms with E-state index < -0.39 is 24.7 Å². The zero-order chi connectivity index (χ0) is 11.6. The molecule has 1 rings (SSSR count). The Morgan fingerprint density at radius 3 is 2.53 bits per heavy atom. The van der Waals surface area contributed by atoms with Gasteiger partial charge in [0.15, 0.2) is 5.03 Å². The summed E-state index contributed by atoms with van der Waals surface area (Å²) in [6, 6.07) is 1.75. The average Bonchev–Trinajstić information content (AvgIpc) is 2.15. The smallest absolute Gasteiger partial charge is 0.279 e. The van der Waals surface area contributed by atoms with Crippen molar-refractivity contribution in [3.63, 3.8) is 0 Å². The minimum absolute atomic E-state index is 0.191. The SMILES string of the molecule is COc1cc([N+](=O)[O-])cc(S(=O)(=O)Cl)n1. The van der Waals surface area contributed by atoms with E-state index in [1.54, 1.807) is 0 Å². The number of halogens is 1. The van der Waals surface area contributed by atoms with Gasteiger partial charge in [-0.3, -0.25) is 10.1 Å². The van der Waals surface area contributed by atoms with Crippen molar-refractivity contribution in [2.24, 2.45) is 0 Å². The number of hydrogen-bond acceptors (Lipinski definition) is 6. The summed E-state index contributed by atoms with van der Waals surface area (Å²) in [5.41, 5.74) is -0.457. The Hall–Kier alpha value is -1.41. The van der Waals surface area contributed by atoms with Gasteiger partial charge in [0.05, 0.1) is 24.2 Å². The summed E-state index contributed by atoms with van der Waals surface area (Å²) in [6.45, 7) is 0. The molecule has 82 valence electrons. The third kappa shape index (κ3) is 2.77. The molecule has 9 heteroatoms. The maximum absolute atomic E-state index is 10.9. The molecule has 0 aliphatic heterocycles. The van der Waals surface area contributed by atoms with Gasteiger partial charge in [-0.25, -0.2) is 8.42 Å². The molecule has 0 spiro atoms. The van der Waals surface area contributed by atoms with Gasteiger partial charge in [0.25, 0.3) is 14.7 Å². The van der Waals surface area contributed by atoms with Crippen LogP contribution in [0.1, 0.15) is 0 Å². The van der Waals surface area contributed by atoms with E-state index in [4.69, 9.17) is 10.7 Å². The number of rotatable bonds is 3. The summed E-state index contributed by atoms with van der Waals surface area (Å²) >= 11 is 0. The van der Waals surface area contributed by atoms with Crippen LogP contribution in [0.25, 0.3) is 0 Å². The quantitative estimate of drug-likeness (QED) is 0.451. The molecule has 0 aliphatic rings. The molecule has 0 fully saturated rings. The Labute approximate surface area is 89.2 Å². The largest absolute Gasteiger partial charge is 0.481 e. The highest BCUT2D eigenvalue weighted by atomic mass is 35.7. The normalized spacial score (nSPS) is 11.1. The second-order valence-electron chi connectivity index (χ2n) is 2.40. The molecule has 0 unspecified atom stereocenters. The van der Waals surface area contributed by atoms with Gasteiger partial charge in [-0.15, -0.1) is 0 Å². The summed E-state index contributed by atoms with van der Waals surface area (Å²) in [6.07, 6.45) is 0. The van der Waals surface area contributed by atoms with Crippen LogP contribution in [-0.4, -0.2) is 25.4 Å². The van der Waals surface area contributed by atoms with Crippen LogP contribution in [0.4, 0.5) is 5.69 Å². The summed E-state index contributed by atoms with van der Waals surface area (Å²) in [5.74, 6) is -0.191. The lowest BCUT2D eigenvalue weighted by molar-refractivity contribution is -0.385. The first-order valence-corrected chi connectivity index (χ1v) is 5.80. The van der Waals surface area contributed by atoms with Crippen LogP contribution in [0.2, 0.25) is 0 Å². The van der Waals surface area contributed by atoms with Crippen molar-refractivity contribution in [3.05, 3.63) is 22.2 Å². The molecular formula is C6H5ClN2O5S. The number of methoxy groups -OCH3 is 1. The van der Waals surface area contributed by atoms with Crippen LogP contribution < -0.4 is 4.74 Å². The predicted octanol–water partition coefficient (Wildman–Crippen LogP) is 0.926. The maximum Gasteiger partial charge on any atom is 0.279 e. The summed E-state index contributed by atoms with van der Waals surface area (Å²) in [5, 5.41) is 9.82. The Balaban J connectivity index is 3.43. The van der Waals surface area contributed by atoms with Gasteiger partial charge in [-0.2, -0.15) is 4.98 Å². The van der Waals surface area contributed by atoms with E-state index in [0.717, 1.165) is 12.1 Å². The number of aromatic nitrogens is 1. The maximum atomic E-state index is 10.9. The summed E-state index contributed by atoms with van der Waals surface area (Å²) in [7, 11) is 2.09. The Morgan fingerprint density at radius 2 is 2.13 bits per heavy atom. The van der Waals surface area contributed by atoms with Crippen molar-refractivity contribution >= 4 is 25.4 Å². The molecule has 0 radical (unpaired) electrons. The van der Waals surface area contributed by atoms with E-state index in [1.807, 2.05) is 0 Å². The Bertz CT molecular complexity index is 500. The van der Waals surface area contributed by atoms with Crippen molar-refractivity contribution in [2.75, 3.05) is 7.11 Å². The monoisotopic (exact) mass is 252 g/mol. The number of ether oxygens (including phenoxy) is 1. The fourth-order valence-corrected chi connectivity index (χ4v) is 1.50. The van der Waals surface area contributed by atoms with Crippen molar-refractivity contribution < 1.29 is 18.1 Å². The fraction of sp³-hybridized carbons (Fsp3) is 0.167. The van der Waals surface area contributed by atoms with E-state index in [1.165, 1.54) is 7.11 Å². The molecule has 0 aromatic carbocycles. The van der Waals surface area contributed by atoms with Gasteiger partial charge in [-0.05, 0) is 0 Å². The fourth-order valence-electron chi connectivity index (χ4n) is 0.803. The van der Waals surface area contributed by atoms with E-state index >= 15 is 0 Å². The average molecular weight is 253 g/mol. The molecule has 1 heterocycles. The lowest BCUT2D eigenvalue weighted by Crippen LogP contribution is -2.00. The first-order chi connectivity index (χ1) is 6.84. The molecule has 0 saturated heterocycles. The molecule has 0 aliphatic carbocycles. The summed E-state index contributed by atoms with van der Waals surface area (Å²) < 4.78 is 26.4. The third-order valence-electron chi connectivity index (χ3n) is 1.43. The van der Waals surface area contributed by atoms with Gasteiger partial charge < -0.3 is 4.74 Å². The number of hydrogen-bond donors (Lipinski definition) is 0. The van der Waals surface area contributed by atoms with Gasteiger partial charge in [0.2, 0.25) is 5.88 Å². The van der Waals surface area contributed by atoms with Crippen molar-refractivity contribution in [1.82, 2.24) is 4.98 Å². The highest BCUT2D eigenvalue weighted by Gasteiger charge is 2.19. The van der Waals surface area contributed by atoms with Crippen LogP contribution in [-0.2, 0) is 9.05 Å². The van der Waals surface area contributed by atoms with E-state index in [0.29, 0.717) is 0 Å². The lowest BCUT2D eigenvalue weighted by atomic mass is 10.4. The van der Waals surface area contributed by atoms with Crippen molar-refractivity contribution in [2.45, 2.75) is 5.03 Å². The van der Waals surface area contributed by atoms with Gasteiger partial charge in [0, 0.05) is 10.7 Å². The van der Waals surface area contributed by atoms with Gasteiger partial charge >= 0.3 is 0 Å². The molecule has 0 atom stereocenters. The number of nitrogens with zero attached hydrogens (tertiary/aromatic N) is 2. The van der Waals surface area contributed by atoms with E-state index in [9.17, 15) is 18.5 Å². The molecular weight excluding hydrogens is 248 g/mol. The Kier molecular flexibility index (Phi) is 3.10. The molecule has 15 heavy (non-hydrogen) atoms. The molecule has 7 nitrogen and oxygen atoms in total. The van der Waals surface area contributed by atoms with E-state index in [-0.39, 0.29) is 5.88 Å². The molecule has 1 aromatic heterocycles. The lowest BCUT2D eigenvalue weighted by Gasteiger charge is -2.00. The Morgan fingerprint density at radius 1 is 1.53 bits per heavy atom. The van der Waals surface area contributed by atoms with Crippen molar-refractivity contribution in [3.8, 4) is 5.88 Å². The second-order valence-corrected chi connectivity index (χ2v) is 4.91. The standard InChI is InChI=1S/C6H5ClN2O5S/c1-14-5-2-4(9(10)11)3-6(8-5)15(7,12)13/h2-3H,1H3. The summed E-state index contributed by atoms with van der Waals surface area (Å²) in [4.78, 5) is 13.1. The highest BCUT2D eigenvalue weighted by molar-refractivity contribution is 8.13. The molecule has 0 bridgehead atoms. The van der Waals surface area contributed by atoms with E-state index in [2.05, 4.69) is 9.72 Å². The minimum Gasteiger partial charge on any atom is -0.481 e. The van der Waals surface area contributed by atoms with Crippen LogP contribution in [0, 0.1) is 10.1 Å². The molecule has 0 amide bonds. The van der Waals surface area contributed by atoms with Crippen LogP contribution >= 0.6 is 10.7 Å². The predicted molar refractivity (Wildman–Crippen MR) is 50.5 cm³/mol. The first-order valence-electron chi connectivity index (χ1n) is 3.49. The first kappa shape index (κ1) is 11.7. The topological polar surface area (TPSA) is 99.4 Å². The van der Waals surface area contributed by atoms with Crippen LogP contribution in [0.15, 0.2) is 17.2 Å². The zero-order valence-corrected chi connectivity index (χ0v) is 8.95. The van der Waals surface area contributed by atoms with Crippen molar-refractivity contribution in [1.29, 1.82) is 0 Å². The van der Waals surface area contributed by atoms with Gasteiger partial charge in [-0.1, -0.05) is 0 Å². The van der Waals surface area contributed by atoms with Gasteiger partial charge in [0.1, 0.15) is 0 Å². The molecule has 0 saturated carbocycles. The van der Waals surface area contributed by atoms with Crippen LogP contribution in [0.3, 0.4) is 0 Å². The zero-order valence-electron chi connectivity index (χ0n) is 7.38. The number of pyridine rings is 1. The second kappa shape index (κ2) is 3.99. The third-order valence-corrected chi connectivity index (χ3v) is 2.62. The minimum atomic E-state index is -4.11. The number of nitro groups is 1. The molecule has 1 aromatic rings. The molecule has 0 N–H and O–H groups in total. The van der Waals surface area contributed by atoms with Crippen LogP contribution in [0.5, 0.6) is 5.88 Å². The highest BCUT2D eigenvalue weighted by Crippen LogP contribution is 2.23.